The number of rotatable bonds is 13. The van der Waals surface area contributed by atoms with Crippen molar-refractivity contribution in [3.05, 3.63) is 109 Å². The van der Waals surface area contributed by atoms with Crippen LogP contribution in [-0.4, -0.2) is 31.1 Å². The van der Waals surface area contributed by atoms with Crippen molar-refractivity contribution in [3.8, 4) is 12.3 Å². The summed E-state index contributed by atoms with van der Waals surface area (Å²) in [5, 5.41) is 0. The second-order valence-electron chi connectivity index (χ2n) is 9.41. The first-order chi connectivity index (χ1) is 19.7. The van der Waals surface area contributed by atoms with Gasteiger partial charge in [-0.3, -0.25) is 0 Å². The third-order valence-electron chi connectivity index (χ3n) is 4.84. The highest BCUT2D eigenvalue weighted by molar-refractivity contribution is 5.94. The standard InChI is InChI=1S/C19H22O5.C14H18O2.C2H6/c1-6-15(4)24-19(21)17(7-2)12-11-16(5)22-13-9-10-14-23-18(20)8-3;1-10(2)16-13(15)11-6-8-12(9-7-11)14(3,4)5;1-2/h2,6,8,11-12H,1,3-4,9-10,13-14H2,5H3;6-9H,1H2,2-5H3;1-2H3/b16-11+,17-12+;;. The van der Waals surface area contributed by atoms with Crippen LogP contribution < -0.4 is 0 Å². The highest BCUT2D eigenvalue weighted by Gasteiger charge is 2.14. The van der Waals surface area contributed by atoms with Gasteiger partial charge in [0.15, 0.2) is 0 Å². The van der Waals surface area contributed by atoms with E-state index in [1.54, 1.807) is 32.1 Å². The minimum absolute atomic E-state index is 0.0392. The first-order valence-corrected chi connectivity index (χ1v) is 13.5. The van der Waals surface area contributed by atoms with Gasteiger partial charge in [0.2, 0.25) is 0 Å². The number of allylic oxidation sites excluding steroid dienone is 5. The Bertz CT molecular complexity index is 1170. The fraction of sp³-hybridized carbons (Fsp3) is 0.343. The van der Waals surface area contributed by atoms with E-state index < -0.39 is 11.9 Å². The molecular weight excluding hydrogens is 532 g/mol. The molecule has 0 unspecified atom stereocenters. The predicted molar refractivity (Wildman–Crippen MR) is 169 cm³/mol. The number of hydrogen-bond acceptors (Lipinski definition) is 7. The van der Waals surface area contributed by atoms with Crippen molar-refractivity contribution >= 4 is 17.9 Å². The van der Waals surface area contributed by atoms with Gasteiger partial charge in [-0.2, -0.15) is 0 Å². The lowest BCUT2D eigenvalue weighted by Gasteiger charge is -2.18. The van der Waals surface area contributed by atoms with E-state index in [4.69, 9.17) is 25.4 Å². The van der Waals surface area contributed by atoms with Gasteiger partial charge < -0.3 is 18.9 Å². The Morgan fingerprint density at radius 2 is 1.43 bits per heavy atom. The Kier molecular flexibility index (Phi) is 20.9. The van der Waals surface area contributed by atoms with Gasteiger partial charge in [-0.15, -0.1) is 6.42 Å². The molecule has 0 atom stereocenters. The molecule has 0 bridgehead atoms. The summed E-state index contributed by atoms with van der Waals surface area (Å²) in [5.41, 5.74) is 1.88. The van der Waals surface area contributed by atoms with Crippen LogP contribution in [0.2, 0.25) is 0 Å². The van der Waals surface area contributed by atoms with Crippen molar-refractivity contribution in [1.29, 1.82) is 0 Å². The number of carbonyl (C=O) groups is 3. The molecule has 0 aliphatic carbocycles. The summed E-state index contributed by atoms with van der Waals surface area (Å²) in [6.07, 6.45) is 12.1. The van der Waals surface area contributed by atoms with Gasteiger partial charge in [-0.25, -0.2) is 14.4 Å². The largest absolute Gasteiger partial charge is 0.498 e. The zero-order valence-electron chi connectivity index (χ0n) is 26.2. The molecule has 0 aliphatic heterocycles. The molecule has 0 saturated carbocycles. The highest BCUT2D eigenvalue weighted by Crippen LogP contribution is 2.22. The van der Waals surface area contributed by atoms with E-state index >= 15 is 0 Å². The third-order valence-corrected chi connectivity index (χ3v) is 4.84. The number of unbranched alkanes of at least 4 members (excludes halogenated alkanes) is 1. The Morgan fingerprint density at radius 1 is 0.881 bits per heavy atom. The fourth-order valence-corrected chi connectivity index (χ4v) is 2.63. The molecule has 1 aromatic carbocycles. The molecule has 0 fully saturated rings. The van der Waals surface area contributed by atoms with Gasteiger partial charge in [-0.05, 0) is 68.0 Å². The molecule has 42 heavy (non-hydrogen) atoms. The molecule has 7 nitrogen and oxygen atoms in total. The van der Waals surface area contributed by atoms with Crippen molar-refractivity contribution in [2.24, 2.45) is 0 Å². The van der Waals surface area contributed by atoms with Crippen molar-refractivity contribution in [2.45, 2.75) is 66.7 Å². The summed E-state index contributed by atoms with van der Waals surface area (Å²) >= 11 is 0. The SMILES string of the molecule is C#C/C(=C\C=C(/C)OCCCCOC(=O)C=C)C(=O)OC(=C)C=C.C=C(C)OC(=O)c1ccc(C(C)(C)C)cc1.CC. The topological polar surface area (TPSA) is 88.1 Å². The molecule has 7 heteroatoms. The van der Waals surface area contributed by atoms with Crippen LogP contribution in [-0.2, 0) is 34.0 Å². The van der Waals surface area contributed by atoms with Crippen molar-refractivity contribution in [1.82, 2.24) is 0 Å². The first-order valence-electron chi connectivity index (χ1n) is 13.5. The van der Waals surface area contributed by atoms with Crippen molar-refractivity contribution in [3.63, 3.8) is 0 Å². The van der Waals surface area contributed by atoms with Gasteiger partial charge in [0.25, 0.3) is 0 Å². The minimum Gasteiger partial charge on any atom is -0.498 e. The lowest BCUT2D eigenvalue weighted by atomic mass is 9.87. The molecule has 0 saturated heterocycles. The van der Waals surface area contributed by atoms with Gasteiger partial charge in [-0.1, -0.05) is 79.0 Å². The summed E-state index contributed by atoms with van der Waals surface area (Å²) in [6.45, 7) is 28.3. The van der Waals surface area contributed by atoms with E-state index in [1.165, 1.54) is 17.7 Å². The Hall–Kier alpha value is -4.57. The lowest BCUT2D eigenvalue weighted by molar-refractivity contribution is -0.138. The number of ether oxygens (including phenoxy) is 4. The first kappa shape index (κ1) is 39.6. The number of terminal acetylenes is 1. The molecule has 0 N–H and O–H groups in total. The summed E-state index contributed by atoms with van der Waals surface area (Å²) in [5.74, 6) is 1.88. The van der Waals surface area contributed by atoms with E-state index in [0.717, 1.165) is 6.08 Å². The average Bonchev–Trinajstić information content (AvgIpc) is 2.95. The summed E-state index contributed by atoms with van der Waals surface area (Å²) in [4.78, 5) is 34.1. The Morgan fingerprint density at radius 3 is 1.88 bits per heavy atom. The van der Waals surface area contributed by atoms with Crippen molar-refractivity contribution < 1.29 is 33.3 Å². The highest BCUT2D eigenvalue weighted by atomic mass is 16.5. The number of benzene rings is 1. The molecule has 0 aliphatic rings. The normalized spacial score (nSPS) is 10.6. The molecule has 1 aromatic rings. The molecule has 0 aromatic heterocycles. The Balaban J connectivity index is 0. The van der Waals surface area contributed by atoms with E-state index in [9.17, 15) is 14.4 Å². The second kappa shape index (κ2) is 22.2. The average molecular weight is 579 g/mol. The molecule has 0 radical (unpaired) electrons. The second-order valence-corrected chi connectivity index (χ2v) is 9.41. The van der Waals surface area contributed by atoms with Crippen LogP contribution >= 0.6 is 0 Å². The maximum absolute atomic E-state index is 11.7. The Labute approximate surface area is 252 Å². The summed E-state index contributed by atoms with van der Waals surface area (Å²) in [7, 11) is 0. The van der Waals surface area contributed by atoms with Crippen LogP contribution in [0.25, 0.3) is 0 Å². The monoisotopic (exact) mass is 578 g/mol. The fourth-order valence-electron chi connectivity index (χ4n) is 2.63. The van der Waals surface area contributed by atoms with Crippen LogP contribution in [0.15, 0.2) is 97.7 Å². The summed E-state index contributed by atoms with van der Waals surface area (Å²) < 4.78 is 20.1. The zero-order chi connectivity index (χ0) is 32.7. The van der Waals surface area contributed by atoms with Crippen molar-refractivity contribution in [2.75, 3.05) is 13.2 Å². The van der Waals surface area contributed by atoms with E-state index in [-0.39, 0.29) is 22.7 Å². The van der Waals surface area contributed by atoms with Gasteiger partial charge in [0.05, 0.1) is 30.3 Å². The van der Waals surface area contributed by atoms with Crippen LogP contribution in [0.1, 0.15) is 77.2 Å². The van der Waals surface area contributed by atoms with Crippen LogP contribution in [0.4, 0.5) is 0 Å². The number of carbonyl (C=O) groups excluding carboxylic acids is 3. The molecule has 0 spiro atoms. The molecular formula is C35H46O7. The number of hydrogen-bond donors (Lipinski definition) is 0. The van der Waals surface area contributed by atoms with Crippen LogP contribution in [0.5, 0.6) is 0 Å². The molecule has 228 valence electrons. The van der Waals surface area contributed by atoms with E-state index in [1.807, 2.05) is 26.0 Å². The maximum atomic E-state index is 11.7. The zero-order valence-corrected chi connectivity index (χ0v) is 26.2. The molecule has 0 heterocycles. The van der Waals surface area contributed by atoms with Gasteiger partial charge in [0.1, 0.15) is 11.3 Å². The van der Waals surface area contributed by atoms with E-state index in [0.29, 0.717) is 43.1 Å². The molecule has 0 amide bonds. The van der Waals surface area contributed by atoms with Crippen LogP contribution in [0, 0.1) is 12.3 Å². The lowest BCUT2D eigenvalue weighted by Crippen LogP contribution is -2.11. The number of esters is 3. The predicted octanol–water partition coefficient (Wildman–Crippen LogP) is 7.92. The quantitative estimate of drug-likeness (QED) is 0.0447. The smallest absolute Gasteiger partial charge is 0.352 e. The van der Waals surface area contributed by atoms with E-state index in [2.05, 4.69) is 53.0 Å². The summed E-state index contributed by atoms with van der Waals surface area (Å²) in [6, 6.07) is 7.47. The molecule has 1 rings (SSSR count). The van der Waals surface area contributed by atoms with Gasteiger partial charge >= 0.3 is 17.9 Å². The third kappa shape index (κ3) is 18.7. The minimum atomic E-state index is -0.685. The van der Waals surface area contributed by atoms with Crippen LogP contribution in [0.3, 0.4) is 0 Å². The maximum Gasteiger partial charge on any atom is 0.352 e. The van der Waals surface area contributed by atoms with Gasteiger partial charge in [0, 0.05) is 6.08 Å².